The highest BCUT2D eigenvalue weighted by Gasteiger charge is 2.39. The maximum absolute atomic E-state index is 14.3. The fourth-order valence-electron chi connectivity index (χ4n) is 3.48. The molecule has 1 fully saturated rings. The monoisotopic (exact) mass is 346 g/mol. The summed E-state index contributed by atoms with van der Waals surface area (Å²) in [6.07, 6.45) is -0.358. The van der Waals surface area contributed by atoms with E-state index in [1.54, 1.807) is 0 Å². The molecule has 0 unspecified atom stereocenters. The summed E-state index contributed by atoms with van der Waals surface area (Å²) in [6.45, 7) is 1.99. The Hall–Kier alpha value is -2.47. The number of halogens is 2. The molecule has 0 bridgehead atoms. The van der Waals surface area contributed by atoms with Gasteiger partial charge in [-0.15, -0.1) is 0 Å². The largest absolute Gasteiger partial charge is 0.465 e. The molecule has 6 heteroatoms. The number of rotatable bonds is 4. The SMILES string of the molecule is O=C(O)NC1(c2ccc(F)cc2F)CCN(Cc2ccccc2)CC1. The highest BCUT2D eigenvalue weighted by Crippen LogP contribution is 2.35. The molecule has 2 aromatic carbocycles. The molecule has 2 N–H and O–H groups in total. The van der Waals surface area contributed by atoms with Crippen molar-refractivity contribution in [1.82, 2.24) is 10.2 Å². The molecule has 25 heavy (non-hydrogen) atoms. The Morgan fingerprint density at radius 1 is 1.12 bits per heavy atom. The molecule has 0 saturated carbocycles. The quantitative estimate of drug-likeness (QED) is 0.887. The summed E-state index contributed by atoms with van der Waals surface area (Å²) < 4.78 is 27.5. The molecule has 2 aromatic rings. The lowest BCUT2D eigenvalue weighted by Gasteiger charge is -2.42. The molecule has 4 nitrogen and oxygen atoms in total. The van der Waals surface area contributed by atoms with Gasteiger partial charge in [0.1, 0.15) is 11.6 Å². The number of nitrogens with one attached hydrogen (secondary N) is 1. The minimum Gasteiger partial charge on any atom is -0.465 e. The summed E-state index contributed by atoms with van der Waals surface area (Å²) >= 11 is 0. The van der Waals surface area contributed by atoms with Crippen molar-refractivity contribution in [3.63, 3.8) is 0 Å². The van der Waals surface area contributed by atoms with E-state index in [2.05, 4.69) is 10.2 Å². The van der Waals surface area contributed by atoms with E-state index >= 15 is 0 Å². The first-order chi connectivity index (χ1) is 12.0. The van der Waals surface area contributed by atoms with Gasteiger partial charge in [-0.25, -0.2) is 13.6 Å². The van der Waals surface area contributed by atoms with Gasteiger partial charge in [-0.05, 0) is 24.5 Å². The predicted molar refractivity (Wildman–Crippen MR) is 90.1 cm³/mol. The molecule has 1 aliphatic rings. The molecular weight excluding hydrogens is 326 g/mol. The molecular formula is C19H20F2N2O2. The summed E-state index contributed by atoms with van der Waals surface area (Å²) in [5.74, 6) is -1.39. The standard InChI is InChI=1S/C19H20F2N2O2/c20-15-6-7-16(17(21)12-15)19(22-18(24)25)8-10-23(11-9-19)13-14-4-2-1-3-5-14/h1-7,12,22H,8-11,13H2,(H,24,25). The van der Waals surface area contributed by atoms with E-state index in [4.69, 9.17) is 0 Å². The van der Waals surface area contributed by atoms with Crippen LogP contribution in [0.25, 0.3) is 0 Å². The van der Waals surface area contributed by atoms with Crippen molar-refractivity contribution in [2.75, 3.05) is 13.1 Å². The topological polar surface area (TPSA) is 52.6 Å². The number of amides is 1. The van der Waals surface area contributed by atoms with E-state index in [1.165, 1.54) is 17.7 Å². The molecule has 1 heterocycles. The van der Waals surface area contributed by atoms with Gasteiger partial charge in [-0.1, -0.05) is 36.4 Å². The van der Waals surface area contributed by atoms with Crippen LogP contribution in [0, 0.1) is 11.6 Å². The van der Waals surface area contributed by atoms with E-state index < -0.39 is 23.3 Å². The fraction of sp³-hybridized carbons (Fsp3) is 0.316. The number of likely N-dealkylation sites (tertiary alicyclic amines) is 1. The number of carboxylic acid groups (broad SMARTS) is 1. The van der Waals surface area contributed by atoms with Crippen LogP contribution in [0.2, 0.25) is 0 Å². The minimum absolute atomic E-state index is 0.204. The number of benzene rings is 2. The van der Waals surface area contributed by atoms with Gasteiger partial charge in [0.2, 0.25) is 0 Å². The molecule has 132 valence electrons. The van der Waals surface area contributed by atoms with Crippen LogP contribution in [0.5, 0.6) is 0 Å². The second kappa shape index (κ2) is 7.19. The van der Waals surface area contributed by atoms with Crippen molar-refractivity contribution in [3.05, 3.63) is 71.3 Å². The molecule has 0 radical (unpaired) electrons. The Balaban J connectivity index is 1.78. The van der Waals surface area contributed by atoms with Gasteiger partial charge in [0.05, 0.1) is 5.54 Å². The Morgan fingerprint density at radius 2 is 1.80 bits per heavy atom. The van der Waals surface area contributed by atoms with Gasteiger partial charge in [0.25, 0.3) is 0 Å². The second-order valence-corrected chi connectivity index (χ2v) is 6.40. The van der Waals surface area contributed by atoms with Crippen molar-refractivity contribution in [3.8, 4) is 0 Å². The predicted octanol–water partition coefficient (Wildman–Crippen LogP) is 3.72. The van der Waals surface area contributed by atoms with Crippen molar-refractivity contribution < 1.29 is 18.7 Å². The van der Waals surface area contributed by atoms with Gasteiger partial charge >= 0.3 is 6.09 Å². The summed E-state index contributed by atoms with van der Waals surface area (Å²) in [5.41, 5.74) is 0.349. The zero-order valence-corrected chi connectivity index (χ0v) is 13.7. The fourth-order valence-corrected chi connectivity index (χ4v) is 3.48. The molecule has 0 aromatic heterocycles. The number of nitrogens with zero attached hydrogens (tertiary/aromatic N) is 1. The summed E-state index contributed by atoms with van der Waals surface area (Å²) in [7, 11) is 0. The summed E-state index contributed by atoms with van der Waals surface area (Å²) in [4.78, 5) is 13.5. The van der Waals surface area contributed by atoms with Crippen molar-refractivity contribution in [2.45, 2.75) is 24.9 Å². The first kappa shape index (κ1) is 17.4. The number of hydrogen-bond acceptors (Lipinski definition) is 2. The van der Waals surface area contributed by atoms with Gasteiger partial charge in [-0.2, -0.15) is 0 Å². The third-order valence-corrected chi connectivity index (χ3v) is 4.75. The zero-order valence-electron chi connectivity index (χ0n) is 13.7. The van der Waals surface area contributed by atoms with Gasteiger partial charge in [-0.3, -0.25) is 4.90 Å². The van der Waals surface area contributed by atoms with Crippen molar-refractivity contribution >= 4 is 6.09 Å². The minimum atomic E-state index is -1.21. The highest BCUT2D eigenvalue weighted by atomic mass is 19.1. The average Bonchev–Trinajstić information content (AvgIpc) is 2.57. The maximum Gasteiger partial charge on any atom is 0.405 e. The zero-order chi connectivity index (χ0) is 17.9. The molecule has 1 aliphatic heterocycles. The van der Waals surface area contributed by atoms with Crippen LogP contribution in [0.3, 0.4) is 0 Å². The normalized spacial score (nSPS) is 17.2. The molecule has 3 rings (SSSR count). The van der Waals surface area contributed by atoms with Crippen LogP contribution >= 0.6 is 0 Å². The number of carbonyl (C=O) groups is 1. The third kappa shape index (κ3) is 3.96. The molecule has 1 amide bonds. The average molecular weight is 346 g/mol. The van der Waals surface area contributed by atoms with Gasteiger partial charge < -0.3 is 10.4 Å². The van der Waals surface area contributed by atoms with Crippen molar-refractivity contribution in [2.24, 2.45) is 0 Å². The van der Waals surface area contributed by atoms with Crippen LogP contribution in [-0.2, 0) is 12.1 Å². The first-order valence-corrected chi connectivity index (χ1v) is 8.21. The maximum atomic E-state index is 14.3. The summed E-state index contributed by atoms with van der Waals surface area (Å²) in [5, 5.41) is 11.7. The Kier molecular flexibility index (Phi) is 4.99. The lowest BCUT2D eigenvalue weighted by atomic mass is 9.80. The van der Waals surface area contributed by atoms with Gasteiger partial charge in [0, 0.05) is 31.3 Å². The first-order valence-electron chi connectivity index (χ1n) is 8.21. The highest BCUT2D eigenvalue weighted by molar-refractivity contribution is 5.66. The van der Waals surface area contributed by atoms with Crippen LogP contribution < -0.4 is 5.32 Å². The molecule has 1 saturated heterocycles. The van der Waals surface area contributed by atoms with E-state index in [9.17, 15) is 18.7 Å². The van der Waals surface area contributed by atoms with Crippen molar-refractivity contribution in [1.29, 1.82) is 0 Å². The van der Waals surface area contributed by atoms with E-state index in [0.29, 0.717) is 25.9 Å². The van der Waals surface area contributed by atoms with Crippen LogP contribution in [0.4, 0.5) is 13.6 Å². The Bertz CT molecular complexity index is 744. The molecule has 0 spiro atoms. The summed E-state index contributed by atoms with van der Waals surface area (Å²) in [6, 6.07) is 13.3. The molecule has 0 atom stereocenters. The second-order valence-electron chi connectivity index (χ2n) is 6.40. The Morgan fingerprint density at radius 3 is 2.40 bits per heavy atom. The van der Waals surface area contributed by atoms with E-state index in [1.807, 2.05) is 30.3 Å². The smallest absolute Gasteiger partial charge is 0.405 e. The Labute approximate surface area is 145 Å². The van der Waals surface area contributed by atoms with Crippen LogP contribution in [0.15, 0.2) is 48.5 Å². The lowest BCUT2D eigenvalue weighted by molar-refractivity contribution is 0.115. The lowest BCUT2D eigenvalue weighted by Crippen LogP contribution is -2.53. The number of hydrogen-bond donors (Lipinski definition) is 2. The third-order valence-electron chi connectivity index (χ3n) is 4.75. The van der Waals surface area contributed by atoms with Gasteiger partial charge in [0.15, 0.2) is 0 Å². The van der Waals surface area contributed by atoms with Crippen LogP contribution in [-0.4, -0.2) is 29.2 Å². The molecule has 0 aliphatic carbocycles. The van der Waals surface area contributed by atoms with E-state index in [-0.39, 0.29) is 5.56 Å². The van der Waals surface area contributed by atoms with Crippen LogP contribution in [0.1, 0.15) is 24.0 Å². The van der Waals surface area contributed by atoms with E-state index in [0.717, 1.165) is 12.6 Å². The number of piperidine rings is 1.